The van der Waals surface area contributed by atoms with Crippen molar-refractivity contribution in [1.82, 2.24) is 4.90 Å². The quantitative estimate of drug-likeness (QED) is 0.557. The van der Waals surface area contributed by atoms with Crippen LogP contribution in [0, 0.1) is 0 Å². The van der Waals surface area contributed by atoms with Gasteiger partial charge in [-0.25, -0.2) is 0 Å². The van der Waals surface area contributed by atoms with Crippen LogP contribution in [0.4, 0.5) is 0 Å². The summed E-state index contributed by atoms with van der Waals surface area (Å²) in [7, 11) is 0. The van der Waals surface area contributed by atoms with Crippen LogP contribution in [0.5, 0.6) is 5.75 Å². The molecule has 0 saturated carbocycles. The van der Waals surface area contributed by atoms with E-state index in [1.807, 2.05) is 19.1 Å². The minimum absolute atomic E-state index is 0.0475. The zero-order valence-corrected chi connectivity index (χ0v) is 18.1. The normalized spacial score (nSPS) is 18.2. The maximum absolute atomic E-state index is 12.2. The van der Waals surface area contributed by atoms with E-state index < -0.39 is 5.60 Å². The molecule has 2 aromatic carbocycles. The molecule has 29 heavy (non-hydrogen) atoms. The largest absolute Gasteiger partial charge is 0.494 e. The Morgan fingerprint density at radius 1 is 0.966 bits per heavy atom. The Morgan fingerprint density at radius 3 is 2.28 bits per heavy atom. The van der Waals surface area contributed by atoms with Gasteiger partial charge in [0.15, 0.2) is 0 Å². The summed E-state index contributed by atoms with van der Waals surface area (Å²) >= 11 is 0. The van der Waals surface area contributed by atoms with Gasteiger partial charge < -0.3 is 14.7 Å². The minimum atomic E-state index is -0.889. The summed E-state index contributed by atoms with van der Waals surface area (Å²) in [5.41, 5.74) is 1.34. The number of hydrogen-bond donors (Lipinski definition) is 1. The van der Waals surface area contributed by atoms with Crippen LogP contribution in [0.2, 0.25) is 0 Å². The van der Waals surface area contributed by atoms with Crippen molar-refractivity contribution in [2.75, 3.05) is 26.2 Å². The Hall–Kier alpha value is -1.84. The summed E-state index contributed by atoms with van der Waals surface area (Å²) in [5, 5.41) is 12.2. The van der Waals surface area contributed by atoms with Crippen molar-refractivity contribution >= 4 is 0 Å². The zero-order chi connectivity index (χ0) is 20.5. The van der Waals surface area contributed by atoms with Crippen molar-refractivity contribution < 1.29 is 9.84 Å². The molecule has 1 heterocycles. The summed E-state index contributed by atoms with van der Waals surface area (Å²) in [4.78, 5) is 2.55. The zero-order valence-electron chi connectivity index (χ0n) is 18.1. The first-order valence-corrected chi connectivity index (χ1v) is 11.4. The maximum atomic E-state index is 12.2. The fourth-order valence-electron chi connectivity index (χ4n) is 4.59. The van der Waals surface area contributed by atoms with E-state index in [0.29, 0.717) is 6.61 Å². The van der Waals surface area contributed by atoms with Crippen molar-refractivity contribution in [3.63, 3.8) is 0 Å². The van der Waals surface area contributed by atoms with Crippen LogP contribution >= 0.6 is 0 Å². The second-order valence-electron chi connectivity index (χ2n) is 8.31. The number of nitrogens with zero attached hydrogens (tertiary/aromatic N) is 1. The smallest absolute Gasteiger partial charge is 0.119 e. The van der Waals surface area contributed by atoms with Gasteiger partial charge in [-0.3, -0.25) is 0 Å². The van der Waals surface area contributed by atoms with E-state index in [0.717, 1.165) is 50.2 Å². The highest BCUT2D eigenvalue weighted by atomic mass is 16.5. The van der Waals surface area contributed by atoms with Gasteiger partial charge in [-0.15, -0.1) is 0 Å². The first-order chi connectivity index (χ1) is 14.2. The van der Waals surface area contributed by atoms with Crippen LogP contribution in [0.1, 0.15) is 69.4 Å². The first kappa shape index (κ1) is 21.9. The standard InChI is InChI=1S/C26H37NO2/c1-3-5-18-26(28,23-14-16-24(17-15-23)29-4-2)25(22-12-8-6-9-13-22)21-27-19-10-7-11-20-27/h6,8-9,12-17,25,28H,3-5,7,10-11,18-21H2,1-2H3/t25-,26+/m0/s1. The second kappa shape index (κ2) is 10.8. The van der Waals surface area contributed by atoms with Crippen LogP contribution < -0.4 is 4.74 Å². The van der Waals surface area contributed by atoms with Gasteiger partial charge in [0.2, 0.25) is 0 Å². The topological polar surface area (TPSA) is 32.7 Å². The third-order valence-electron chi connectivity index (χ3n) is 6.24. The number of hydrogen-bond acceptors (Lipinski definition) is 3. The Kier molecular flexibility index (Phi) is 8.14. The summed E-state index contributed by atoms with van der Waals surface area (Å²) in [6.45, 7) is 8.02. The SMILES string of the molecule is CCCC[C@@](O)(c1ccc(OCC)cc1)[C@@H](CN1CCCCC1)c1ccccc1. The average Bonchev–Trinajstić information content (AvgIpc) is 2.78. The van der Waals surface area contributed by atoms with Gasteiger partial charge in [-0.1, -0.05) is 68.7 Å². The molecule has 2 aromatic rings. The second-order valence-corrected chi connectivity index (χ2v) is 8.31. The fraction of sp³-hybridized carbons (Fsp3) is 0.538. The number of ether oxygens (including phenoxy) is 1. The molecule has 3 rings (SSSR count). The Labute approximate surface area is 176 Å². The van der Waals surface area contributed by atoms with Crippen LogP contribution in [0.15, 0.2) is 54.6 Å². The minimum Gasteiger partial charge on any atom is -0.494 e. The molecule has 2 atom stereocenters. The highest BCUT2D eigenvalue weighted by molar-refractivity contribution is 5.35. The van der Waals surface area contributed by atoms with E-state index >= 15 is 0 Å². The molecule has 0 unspecified atom stereocenters. The molecule has 1 aliphatic heterocycles. The van der Waals surface area contributed by atoms with Crippen LogP contribution in [-0.2, 0) is 5.60 Å². The molecule has 1 fully saturated rings. The van der Waals surface area contributed by atoms with E-state index in [2.05, 4.69) is 54.3 Å². The van der Waals surface area contributed by atoms with Crippen LogP contribution in [0.25, 0.3) is 0 Å². The van der Waals surface area contributed by atoms with Gasteiger partial charge in [-0.2, -0.15) is 0 Å². The highest BCUT2D eigenvalue weighted by Crippen LogP contribution is 2.42. The summed E-state index contributed by atoms with van der Waals surface area (Å²) < 4.78 is 5.63. The lowest BCUT2D eigenvalue weighted by Crippen LogP contribution is -2.42. The molecule has 158 valence electrons. The molecule has 0 spiro atoms. The van der Waals surface area contributed by atoms with E-state index in [-0.39, 0.29) is 5.92 Å². The molecular formula is C26H37NO2. The molecule has 3 heteroatoms. The van der Waals surface area contributed by atoms with Crippen LogP contribution in [-0.4, -0.2) is 36.2 Å². The highest BCUT2D eigenvalue weighted by Gasteiger charge is 2.40. The van der Waals surface area contributed by atoms with Crippen molar-refractivity contribution in [3.8, 4) is 5.75 Å². The fourth-order valence-corrected chi connectivity index (χ4v) is 4.59. The number of unbranched alkanes of at least 4 members (excludes halogenated alkanes) is 1. The third-order valence-corrected chi connectivity index (χ3v) is 6.24. The lowest BCUT2D eigenvalue weighted by Gasteiger charge is -2.41. The van der Waals surface area contributed by atoms with Crippen molar-refractivity contribution in [3.05, 3.63) is 65.7 Å². The van der Waals surface area contributed by atoms with E-state index in [9.17, 15) is 5.11 Å². The van der Waals surface area contributed by atoms with Crippen LogP contribution in [0.3, 0.4) is 0 Å². The van der Waals surface area contributed by atoms with Crippen molar-refractivity contribution in [2.45, 2.75) is 63.9 Å². The molecule has 0 aromatic heterocycles. The summed E-state index contributed by atoms with van der Waals surface area (Å²) in [6, 6.07) is 18.7. The van der Waals surface area contributed by atoms with Gasteiger partial charge in [-0.05, 0) is 62.5 Å². The van der Waals surface area contributed by atoms with Gasteiger partial charge in [0.05, 0.1) is 12.2 Å². The van der Waals surface area contributed by atoms with Gasteiger partial charge in [0.1, 0.15) is 5.75 Å². The Balaban J connectivity index is 1.97. The monoisotopic (exact) mass is 395 g/mol. The summed E-state index contributed by atoms with van der Waals surface area (Å²) in [6.07, 6.45) is 6.70. The first-order valence-electron chi connectivity index (χ1n) is 11.4. The molecule has 0 aliphatic carbocycles. The number of benzene rings is 2. The van der Waals surface area contributed by atoms with Crippen molar-refractivity contribution in [1.29, 1.82) is 0 Å². The predicted molar refractivity (Wildman–Crippen MR) is 121 cm³/mol. The number of piperidine rings is 1. The summed E-state index contributed by atoms with van der Waals surface area (Å²) in [5.74, 6) is 0.910. The number of rotatable bonds is 10. The van der Waals surface area contributed by atoms with Crippen molar-refractivity contribution in [2.24, 2.45) is 0 Å². The molecule has 1 N–H and O–H groups in total. The molecule has 1 aliphatic rings. The Bertz CT molecular complexity index is 709. The Morgan fingerprint density at radius 2 is 1.66 bits per heavy atom. The number of likely N-dealkylation sites (tertiary alicyclic amines) is 1. The molecule has 0 amide bonds. The van der Waals surface area contributed by atoms with E-state index in [1.54, 1.807) is 0 Å². The average molecular weight is 396 g/mol. The third kappa shape index (κ3) is 5.61. The predicted octanol–water partition coefficient (Wildman–Crippen LogP) is 5.73. The molecule has 3 nitrogen and oxygen atoms in total. The van der Waals surface area contributed by atoms with E-state index in [4.69, 9.17) is 4.74 Å². The number of aliphatic hydroxyl groups is 1. The molecular weight excluding hydrogens is 358 g/mol. The molecule has 0 radical (unpaired) electrons. The maximum Gasteiger partial charge on any atom is 0.119 e. The van der Waals surface area contributed by atoms with Gasteiger partial charge in [0, 0.05) is 12.5 Å². The van der Waals surface area contributed by atoms with Gasteiger partial charge >= 0.3 is 0 Å². The van der Waals surface area contributed by atoms with E-state index in [1.165, 1.54) is 24.8 Å². The molecule has 1 saturated heterocycles. The van der Waals surface area contributed by atoms with Gasteiger partial charge in [0.25, 0.3) is 0 Å². The molecule has 0 bridgehead atoms. The lowest BCUT2D eigenvalue weighted by atomic mass is 9.74. The lowest BCUT2D eigenvalue weighted by molar-refractivity contribution is -0.0164.